The van der Waals surface area contributed by atoms with Gasteiger partial charge in [-0.1, -0.05) is 0 Å². The van der Waals surface area contributed by atoms with E-state index in [-0.39, 0.29) is 6.42 Å². The molecule has 17 heavy (non-hydrogen) atoms. The highest BCUT2D eigenvalue weighted by molar-refractivity contribution is 5.66. The lowest BCUT2D eigenvalue weighted by Gasteiger charge is -2.12. The zero-order valence-electron chi connectivity index (χ0n) is 10.4. The number of carbonyl (C=O) groups is 1. The molecule has 1 aromatic rings. The van der Waals surface area contributed by atoms with Crippen LogP contribution in [0, 0.1) is 6.92 Å². The van der Waals surface area contributed by atoms with E-state index >= 15 is 0 Å². The molecule has 0 fully saturated rings. The van der Waals surface area contributed by atoms with Crippen LogP contribution in [0.5, 0.6) is 11.5 Å². The van der Waals surface area contributed by atoms with Crippen molar-refractivity contribution in [2.45, 2.75) is 26.2 Å². The number of hydrogen-bond donors (Lipinski definition) is 1. The Hall–Kier alpha value is -1.71. The fourth-order valence-electron chi connectivity index (χ4n) is 1.76. The molecule has 0 unspecified atom stereocenters. The molecule has 4 heteroatoms. The Labute approximate surface area is 101 Å². The van der Waals surface area contributed by atoms with Crippen LogP contribution in [0.2, 0.25) is 0 Å². The minimum Gasteiger partial charge on any atom is -0.496 e. The lowest BCUT2D eigenvalue weighted by atomic mass is 10.0. The van der Waals surface area contributed by atoms with Crippen molar-refractivity contribution >= 4 is 5.97 Å². The summed E-state index contributed by atoms with van der Waals surface area (Å²) in [5.41, 5.74) is 2.05. The van der Waals surface area contributed by atoms with Crippen LogP contribution in [-0.2, 0) is 11.2 Å². The molecule has 4 nitrogen and oxygen atoms in total. The molecule has 0 heterocycles. The second-order valence-corrected chi connectivity index (χ2v) is 3.88. The van der Waals surface area contributed by atoms with Crippen molar-refractivity contribution in [3.63, 3.8) is 0 Å². The molecule has 0 aliphatic carbocycles. The SMILES string of the molecule is COc1cc(OC)c(CCCC(=O)O)cc1C. The summed E-state index contributed by atoms with van der Waals surface area (Å²) in [6, 6.07) is 3.82. The summed E-state index contributed by atoms with van der Waals surface area (Å²) in [7, 11) is 3.22. The number of hydrogen-bond acceptors (Lipinski definition) is 3. The molecule has 0 atom stereocenters. The Balaban J connectivity index is 2.83. The number of carboxylic acids is 1. The maximum Gasteiger partial charge on any atom is 0.303 e. The summed E-state index contributed by atoms with van der Waals surface area (Å²) in [5.74, 6) is 0.760. The number of benzene rings is 1. The monoisotopic (exact) mass is 238 g/mol. The molecule has 0 aliphatic rings. The summed E-state index contributed by atoms with van der Waals surface area (Å²) in [6.45, 7) is 1.96. The van der Waals surface area contributed by atoms with Gasteiger partial charge in [-0.05, 0) is 37.0 Å². The number of methoxy groups -OCH3 is 2. The van der Waals surface area contributed by atoms with Crippen LogP contribution < -0.4 is 9.47 Å². The maximum absolute atomic E-state index is 10.5. The number of rotatable bonds is 6. The van der Waals surface area contributed by atoms with Gasteiger partial charge in [0, 0.05) is 12.5 Å². The van der Waals surface area contributed by atoms with E-state index in [1.54, 1.807) is 14.2 Å². The normalized spacial score (nSPS) is 10.1. The van der Waals surface area contributed by atoms with Crippen LogP contribution in [0.4, 0.5) is 0 Å². The molecule has 1 N–H and O–H groups in total. The third-order valence-corrected chi connectivity index (χ3v) is 2.63. The first-order chi connectivity index (χ1) is 8.08. The summed E-state index contributed by atoms with van der Waals surface area (Å²) in [4.78, 5) is 10.5. The Kier molecular flexibility index (Phi) is 4.82. The van der Waals surface area contributed by atoms with Crippen molar-refractivity contribution in [3.05, 3.63) is 23.3 Å². The molecule has 0 aliphatic heterocycles. The molecule has 0 radical (unpaired) electrons. The van der Waals surface area contributed by atoms with Crippen LogP contribution in [0.1, 0.15) is 24.0 Å². The lowest BCUT2D eigenvalue weighted by Crippen LogP contribution is -1.99. The van der Waals surface area contributed by atoms with E-state index in [4.69, 9.17) is 14.6 Å². The fraction of sp³-hybridized carbons (Fsp3) is 0.462. The number of aliphatic carboxylic acids is 1. The van der Waals surface area contributed by atoms with Gasteiger partial charge in [-0.25, -0.2) is 0 Å². The molecule has 0 saturated heterocycles. The van der Waals surface area contributed by atoms with Crippen LogP contribution in [0.3, 0.4) is 0 Å². The average Bonchev–Trinajstić information content (AvgIpc) is 2.29. The summed E-state index contributed by atoms with van der Waals surface area (Å²) >= 11 is 0. The van der Waals surface area contributed by atoms with Crippen molar-refractivity contribution in [1.82, 2.24) is 0 Å². The molecule has 0 spiro atoms. The van der Waals surface area contributed by atoms with E-state index in [1.165, 1.54) is 0 Å². The fourth-order valence-corrected chi connectivity index (χ4v) is 1.76. The first kappa shape index (κ1) is 13.4. The van der Waals surface area contributed by atoms with Gasteiger partial charge in [0.1, 0.15) is 11.5 Å². The van der Waals surface area contributed by atoms with E-state index in [9.17, 15) is 4.79 Å². The Bertz CT molecular complexity index is 399. The molecule has 94 valence electrons. The van der Waals surface area contributed by atoms with Gasteiger partial charge in [0.25, 0.3) is 0 Å². The van der Waals surface area contributed by atoms with Gasteiger partial charge in [0.05, 0.1) is 14.2 Å². The van der Waals surface area contributed by atoms with Gasteiger partial charge in [-0.15, -0.1) is 0 Å². The molecule has 1 rings (SSSR count). The third-order valence-electron chi connectivity index (χ3n) is 2.63. The Morgan fingerprint density at radius 3 is 2.41 bits per heavy atom. The predicted octanol–water partition coefficient (Wildman–Crippen LogP) is 2.42. The van der Waals surface area contributed by atoms with E-state index in [1.807, 2.05) is 19.1 Å². The zero-order chi connectivity index (χ0) is 12.8. The Morgan fingerprint density at radius 1 is 1.24 bits per heavy atom. The van der Waals surface area contributed by atoms with Crippen LogP contribution in [-0.4, -0.2) is 25.3 Å². The molecular weight excluding hydrogens is 220 g/mol. The van der Waals surface area contributed by atoms with Crippen molar-refractivity contribution < 1.29 is 19.4 Å². The topological polar surface area (TPSA) is 55.8 Å². The van der Waals surface area contributed by atoms with E-state index in [0.717, 1.165) is 22.6 Å². The van der Waals surface area contributed by atoms with Gasteiger partial charge < -0.3 is 14.6 Å². The van der Waals surface area contributed by atoms with Crippen LogP contribution in [0.15, 0.2) is 12.1 Å². The second-order valence-electron chi connectivity index (χ2n) is 3.88. The highest BCUT2D eigenvalue weighted by Crippen LogP contribution is 2.29. The third kappa shape index (κ3) is 3.66. The van der Waals surface area contributed by atoms with Crippen LogP contribution in [0.25, 0.3) is 0 Å². The minimum absolute atomic E-state index is 0.175. The van der Waals surface area contributed by atoms with Gasteiger partial charge in [-0.2, -0.15) is 0 Å². The first-order valence-electron chi connectivity index (χ1n) is 5.51. The van der Waals surface area contributed by atoms with Crippen molar-refractivity contribution in [2.24, 2.45) is 0 Å². The summed E-state index contributed by atoms with van der Waals surface area (Å²) < 4.78 is 10.5. The van der Waals surface area contributed by atoms with Crippen molar-refractivity contribution in [3.8, 4) is 11.5 Å². The predicted molar refractivity (Wildman–Crippen MR) is 64.9 cm³/mol. The smallest absolute Gasteiger partial charge is 0.303 e. The molecule has 0 saturated carbocycles. The standard InChI is InChI=1S/C13H18O4/c1-9-7-10(5-4-6-13(14)15)12(17-3)8-11(9)16-2/h7-8H,4-6H2,1-3H3,(H,14,15). The second kappa shape index (κ2) is 6.13. The average molecular weight is 238 g/mol. The largest absolute Gasteiger partial charge is 0.496 e. The minimum atomic E-state index is -0.769. The van der Waals surface area contributed by atoms with Gasteiger partial charge in [-0.3, -0.25) is 4.79 Å². The number of aryl methyl sites for hydroxylation is 2. The Morgan fingerprint density at radius 2 is 1.88 bits per heavy atom. The maximum atomic E-state index is 10.5. The zero-order valence-corrected chi connectivity index (χ0v) is 10.4. The van der Waals surface area contributed by atoms with Crippen LogP contribution >= 0.6 is 0 Å². The number of ether oxygens (including phenoxy) is 2. The van der Waals surface area contributed by atoms with Crippen molar-refractivity contribution in [2.75, 3.05) is 14.2 Å². The van der Waals surface area contributed by atoms with Gasteiger partial charge in [0.2, 0.25) is 0 Å². The van der Waals surface area contributed by atoms with Gasteiger partial charge in [0.15, 0.2) is 0 Å². The van der Waals surface area contributed by atoms with E-state index in [2.05, 4.69) is 0 Å². The van der Waals surface area contributed by atoms with E-state index < -0.39 is 5.97 Å². The number of carboxylic acid groups (broad SMARTS) is 1. The van der Waals surface area contributed by atoms with Crippen molar-refractivity contribution in [1.29, 1.82) is 0 Å². The summed E-state index contributed by atoms with van der Waals surface area (Å²) in [5, 5.41) is 8.60. The van der Waals surface area contributed by atoms with E-state index in [0.29, 0.717) is 12.8 Å². The molecule has 0 amide bonds. The highest BCUT2D eigenvalue weighted by atomic mass is 16.5. The molecule has 0 bridgehead atoms. The molecule has 0 aromatic heterocycles. The van der Waals surface area contributed by atoms with Gasteiger partial charge >= 0.3 is 5.97 Å². The lowest BCUT2D eigenvalue weighted by molar-refractivity contribution is -0.137. The quantitative estimate of drug-likeness (QED) is 0.827. The molecular formula is C13H18O4. The first-order valence-corrected chi connectivity index (χ1v) is 5.51. The molecule has 1 aromatic carbocycles. The highest BCUT2D eigenvalue weighted by Gasteiger charge is 2.09. The summed E-state index contributed by atoms with van der Waals surface area (Å²) in [6.07, 6.45) is 1.48.